The van der Waals surface area contributed by atoms with Crippen LogP contribution in [0.4, 0.5) is 0 Å². The maximum atomic E-state index is 9.48. The Hall–Kier alpha value is -0.120. The van der Waals surface area contributed by atoms with Gasteiger partial charge in [-0.3, -0.25) is 4.90 Å². The summed E-state index contributed by atoms with van der Waals surface area (Å²) in [6, 6.07) is 1.93. The van der Waals surface area contributed by atoms with Crippen LogP contribution >= 0.6 is 0 Å². The van der Waals surface area contributed by atoms with Crippen molar-refractivity contribution in [2.24, 2.45) is 0 Å². The van der Waals surface area contributed by atoms with Crippen molar-refractivity contribution in [2.45, 2.75) is 63.8 Å². The van der Waals surface area contributed by atoms with Crippen LogP contribution in [-0.4, -0.2) is 47.3 Å². The molecule has 0 bridgehead atoms. The van der Waals surface area contributed by atoms with Crippen molar-refractivity contribution in [3.63, 3.8) is 0 Å². The molecule has 4 unspecified atom stereocenters. The van der Waals surface area contributed by atoms with E-state index in [0.717, 1.165) is 19.5 Å². The summed E-state index contributed by atoms with van der Waals surface area (Å²) in [5.74, 6) is 0. The van der Waals surface area contributed by atoms with Gasteiger partial charge in [0.05, 0.1) is 6.10 Å². The van der Waals surface area contributed by atoms with Gasteiger partial charge < -0.3 is 10.4 Å². The van der Waals surface area contributed by atoms with E-state index in [2.05, 4.69) is 24.1 Å². The van der Waals surface area contributed by atoms with Crippen LogP contribution in [0.2, 0.25) is 0 Å². The molecule has 2 saturated heterocycles. The van der Waals surface area contributed by atoms with E-state index in [1.54, 1.807) is 0 Å². The number of rotatable bonds is 2. The molecule has 3 nitrogen and oxygen atoms in total. The summed E-state index contributed by atoms with van der Waals surface area (Å²) in [5, 5.41) is 12.9. The lowest BCUT2D eigenvalue weighted by Gasteiger charge is -2.40. The predicted molar refractivity (Wildman–Crippen MR) is 61.9 cm³/mol. The van der Waals surface area contributed by atoms with Gasteiger partial charge in [-0.05, 0) is 33.1 Å². The molecule has 0 spiro atoms. The topological polar surface area (TPSA) is 35.5 Å². The van der Waals surface area contributed by atoms with Crippen molar-refractivity contribution in [1.82, 2.24) is 10.2 Å². The number of likely N-dealkylation sites (tertiary alicyclic amines) is 1. The Balaban J connectivity index is 1.86. The van der Waals surface area contributed by atoms with E-state index in [4.69, 9.17) is 0 Å². The quantitative estimate of drug-likeness (QED) is 0.716. The number of nitrogens with one attached hydrogen (secondary N) is 1. The fraction of sp³-hybridized carbons (Fsp3) is 1.00. The van der Waals surface area contributed by atoms with E-state index in [-0.39, 0.29) is 6.10 Å². The van der Waals surface area contributed by atoms with Crippen molar-refractivity contribution in [3.8, 4) is 0 Å². The zero-order valence-electron chi connectivity index (χ0n) is 9.95. The molecule has 2 rings (SSSR count). The van der Waals surface area contributed by atoms with Gasteiger partial charge in [0.1, 0.15) is 0 Å². The smallest absolute Gasteiger partial charge is 0.0680 e. The summed E-state index contributed by atoms with van der Waals surface area (Å²) in [7, 11) is 0. The number of hydrogen-bond acceptors (Lipinski definition) is 3. The summed E-state index contributed by atoms with van der Waals surface area (Å²) in [6.45, 7) is 6.56. The minimum Gasteiger partial charge on any atom is -0.392 e. The van der Waals surface area contributed by atoms with Gasteiger partial charge in [0, 0.05) is 31.2 Å². The first-order valence-electron chi connectivity index (χ1n) is 6.34. The van der Waals surface area contributed by atoms with E-state index in [0.29, 0.717) is 18.1 Å². The average Bonchev–Trinajstić information content (AvgIpc) is 2.58. The van der Waals surface area contributed by atoms with Crippen molar-refractivity contribution in [1.29, 1.82) is 0 Å². The standard InChI is InChI=1S/C12H24N2O/c1-9-4-3-5-10(2)14(9)8-11-6-12(15)7-13-11/h9-13,15H,3-8H2,1-2H3. The summed E-state index contributed by atoms with van der Waals surface area (Å²) >= 11 is 0. The summed E-state index contributed by atoms with van der Waals surface area (Å²) in [6.07, 6.45) is 4.85. The van der Waals surface area contributed by atoms with Crippen LogP contribution in [0.15, 0.2) is 0 Å². The van der Waals surface area contributed by atoms with Gasteiger partial charge in [-0.15, -0.1) is 0 Å². The van der Waals surface area contributed by atoms with Gasteiger partial charge in [0.25, 0.3) is 0 Å². The molecule has 15 heavy (non-hydrogen) atoms. The molecular weight excluding hydrogens is 188 g/mol. The molecule has 88 valence electrons. The van der Waals surface area contributed by atoms with Crippen molar-refractivity contribution in [2.75, 3.05) is 13.1 Å². The molecular formula is C12H24N2O. The molecule has 2 aliphatic heterocycles. The number of nitrogens with zero attached hydrogens (tertiary/aromatic N) is 1. The maximum Gasteiger partial charge on any atom is 0.0680 e. The van der Waals surface area contributed by atoms with Crippen LogP contribution in [0.1, 0.15) is 39.5 Å². The van der Waals surface area contributed by atoms with Gasteiger partial charge in [0.15, 0.2) is 0 Å². The Morgan fingerprint density at radius 2 is 1.93 bits per heavy atom. The minimum atomic E-state index is -0.120. The Kier molecular flexibility index (Phi) is 3.65. The number of aliphatic hydroxyl groups excluding tert-OH is 1. The van der Waals surface area contributed by atoms with E-state index in [9.17, 15) is 5.11 Å². The van der Waals surface area contributed by atoms with Crippen LogP contribution in [0.3, 0.4) is 0 Å². The van der Waals surface area contributed by atoms with Crippen molar-refractivity contribution < 1.29 is 5.11 Å². The van der Waals surface area contributed by atoms with E-state index in [1.165, 1.54) is 19.3 Å². The van der Waals surface area contributed by atoms with E-state index < -0.39 is 0 Å². The third-order valence-electron chi connectivity index (χ3n) is 4.01. The second kappa shape index (κ2) is 4.81. The van der Waals surface area contributed by atoms with E-state index >= 15 is 0 Å². The Morgan fingerprint density at radius 1 is 1.27 bits per heavy atom. The number of β-amino-alcohol motifs (C(OH)–C–C–N with tert-alkyl or cyclic N) is 1. The molecule has 2 fully saturated rings. The third-order valence-corrected chi connectivity index (χ3v) is 4.01. The molecule has 2 aliphatic rings. The van der Waals surface area contributed by atoms with Crippen LogP contribution in [0.25, 0.3) is 0 Å². The summed E-state index contributed by atoms with van der Waals surface area (Å²) in [5.41, 5.74) is 0. The second-order valence-corrected chi connectivity index (χ2v) is 5.32. The SMILES string of the molecule is CC1CCCC(C)N1CC1CC(O)CN1. The second-order valence-electron chi connectivity index (χ2n) is 5.32. The first-order valence-corrected chi connectivity index (χ1v) is 6.34. The van der Waals surface area contributed by atoms with Gasteiger partial charge in [-0.2, -0.15) is 0 Å². The highest BCUT2D eigenvalue weighted by atomic mass is 16.3. The van der Waals surface area contributed by atoms with Crippen LogP contribution in [0.5, 0.6) is 0 Å². The molecule has 2 N–H and O–H groups in total. The predicted octanol–water partition coefficient (Wildman–Crippen LogP) is 0.972. The minimum absolute atomic E-state index is 0.120. The molecule has 0 saturated carbocycles. The highest BCUT2D eigenvalue weighted by Crippen LogP contribution is 2.23. The molecule has 0 aromatic heterocycles. The Labute approximate surface area is 92.8 Å². The third kappa shape index (κ3) is 2.71. The van der Waals surface area contributed by atoms with Crippen molar-refractivity contribution in [3.05, 3.63) is 0 Å². The number of hydrogen-bond donors (Lipinski definition) is 2. The Bertz CT molecular complexity index is 200. The zero-order chi connectivity index (χ0) is 10.8. The molecule has 0 aliphatic carbocycles. The molecule has 0 amide bonds. The van der Waals surface area contributed by atoms with Crippen LogP contribution in [-0.2, 0) is 0 Å². The fourth-order valence-electron chi connectivity index (χ4n) is 3.03. The van der Waals surface area contributed by atoms with Gasteiger partial charge in [-0.25, -0.2) is 0 Å². The van der Waals surface area contributed by atoms with Gasteiger partial charge >= 0.3 is 0 Å². The fourth-order valence-corrected chi connectivity index (χ4v) is 3.03. The first-order chi connectivity index (χ1) is 7.16. The molecule has 2 heterocycles. The highest BCUT2D eigenvalue weighted by Gasteiger charge is 2.30. The van der Waals surface area contributed by atoms with Crippen LogP contribution < -0.4 is 5.32 Å². The zero-order valence-corrected chi connectivity index (χ0v) is 9.95. The molecule has 0 aromatic rings. The maximum absolute atomic E-state index is 9.48. The molecule has 3 heteroatoms. The highest BCUT2D eigenvalue weighted by molar-refractivity contribution is 4.88. The van der Waals surface area contributed by atoms with Gasteiger partial charge in [-0.1, -0.05) is 6.42 Å². The lowest BCUT2D eigenvalue weighted by Crippen LogP contribution is -2.49. The lowest BCUT2D eigenvalue weighted by atomic mass is 9.96. The summed E-state index contributed by atoms with van der Waals surface area (Å²) < 4.78 is 0. The molecule has 0 aromatic carbocycles. The number of aliphatic hydroxyl groups is 1. The van der Waals surface area contributed by atoms with Crippen molar-refractivity contribution >= 4 is 0 Å². The van der Waals surface area contributed by atoms with Crippen LogP contribution in [0, 0.1) is 0 Å². The first kappa shape index (κ1) is 11.4. The summed E-state index contributed by atoms with van der Waals surface area (Å²) in [4.78, 5) is 2.61. The molecule has 4 atom stereocenters. The van der Waals surface area contributed by atoms with E-state index in [1.807, 2.05) is 0 Å². The Morgan fingerprint density at radius 3 is 2.47 bits per heavy atom. The lowest BCUT2D eigenvalue weighted by molar-refractivity contribution is 0.0911. The largest absolute Gasteiger partial charge is 0.392 e. The normalized spacial score (nSPS) is 43.4. The monoisotopic (exact) mass is 212 g/mol. The number of piperidine rings is 1. The average molecular weight is 212 g/mol. The van der Waals surface area contributed by atoms with Gasteiger partial charge in [0.2, 0.25) is 0 Å². The molecule has 0 radical (unpaired) electrons.